The van der Waals surface area contributed by atoms with Crippen molar-refractivity contribution >= 4 is 5.91 Å². The van der Waals surface area contributed by atoms with Gasteiger partial charge in [-0.1, -0.05) is 5.16 Å². The lowest BCUT2D eigenvalue weighted by atomic mass is 10.2. The van der Waals surface area contributed by atoms with Crippen molar-refractivity contribution in [3.8, 4) is 0 Å². The third-order valence-corrected chi connectivity index (χ3v) is 3.21. The Labute approximate surface area is 107 Å². The molecule has 6 heteroatoms. The second-order valence-corrected chi connectivity index (χ2v) is 4.77. The summed E-state index contributed by atoms with van der Waals surface area (Å²) in [5.41, 5.74) is 0. The molecule has 0 bridgehead atoms. The summed E-state index contributed by atoms with van der Waals surface area (Å²) in [5, 5.41) is 3.73. The molecule has 1 fully saturated rings. The highest BCUT2D eigenvalue weighted by molar-refractivity contribution is 5.76. The van der Waals surface area contributed by atoms with Gasteiger partial charge in [-0.3, -0.25) is 4.79 Å². The molecule has 1 aliphatic heterocycles. The van der Waals surface area contributed by atoms with Crippen molar-refractivity contribution < 1.29 is 9.32 Å². The summed E-state index contributed by atoms with van der Waals surface area (Å²) >= 11 is 0. The summed E-state index contributed by atoms with van der Waals surface area (Å²) in [6.07, 6.45) is 2.01. The quantitative estimate of drug-likeness (QED) is 0.779. The van der Waals surface area contributed by atoms with Gasteiger partial charge in [0.25, 0.3) is 0 Å². The van der Waals surface area contributed by atoms with Crippen LogP contribution in [0.1, 0.15) is 24.6 Å². The zero-order chi connectivity index (χ0) is 13.0. The molecule has 0 saturated carbocycles. The van der Waals surface area contributed by atoms with Crippen molar-refractivity contribution in [2.45, 2.75) is 26.2 Å². The number of carbonyl (C=O) groups is 1. The lowest BCUT2D eigenvalue weighted by Crippen LogP contribution is -2.47. The second kappa shape index (κ2) is 5.95. The molecule has 1 amide bonds. The predicted octanol–water partition coefficient (Wildman–Crippen LogP) is 0.475. The molecule has 0 atom stereocenters. The van der Waals surface area contributed by atoms with E-state index in [1.54, 1.807) is 6.92 Å². The van der Waals surface area contributed by atoms with Gasteiger partial charge in [-0.15, -0.1) is 0 Å². The van der Waals surface area contributed by atoms with E-state index in [1.807, 2.05) is 4.90 Å². The molecule has 1 aromatic heterocycles. The Morgan fingerprint density at radius 2 is 2.06 bits per heavy atom. The first-order chi connectivity index (χ1) is 8.65. The van der Waals surface area contributed by atoms with Gasteiger partial charge in [0.15, 0.2) is 5.82 Å². The Balaban J connectivity index is 1.68. The van der Waals surface area contributed by atoms with E-state index in [0.717, 1.165) is 32.6 Å². The summed E-state index contributed by atoms with van der Waals surface area (Å²) in [5.74, 6) is 1.51. The van der Waals surface area contributed by atoms with E-state index in [9.17, 15) is 4.79 Å². The van der Waals surface area contributed by atoms with Crippen molar-refractivity contribution in [3.05, 3.63) is 11.7 Å². The van der Waals surface area contributed by atoms with Crippen LogP contribution in [0.5, 0.6) is 0 Å². The predicted molar refractivity (Wildman–Crippen MR) is 66.1 cm³/mol. The van der Waals surface area contributed by atoms with Gasteiger partial charge >= 0.3 is 0 Å². The first-order valence-corrected chi connectivity index (χ1v) is 6.40. The number of rotatable bonds is 4. The third-order valence-electron chi connectivity index (χ3n) is 3.21. The van der Waals surface area contributed by atoms with Crippen LogP contribution in [0.15, 0.2) is 4.52 Å². The van der Waals surface area contributed by atoms with Gasteiger partial charge in [0.05, 0.1) is 0 Å². The maximum atomic E-state index is 11.9. The maximum Gasteiger partial charge on any atom is 0.226 e. The highest BCUT2D eigenvalue weighted by Crippen LogP contribution is 2.07. The van der Waals surface area contributed by atoms with E-state index in [0.29, 0.717) is 24.6 Å². The van der Waals surface area contributed by atoms with Crippen LogP contribution in [-0.4, -0.2) is 59.1 Å². The molecule has 0 unspecified atom stereocenters. The lowest BCUT2D eigenvalue weighted by Gasteiger charge is -2.32. The number of amides is 1. The van der Waals surface area contributed by atoms with Gasteiger partial charge in [0.1, 0.15) is 0 Å². The van der Waals surface area contributed by atoms with E-state index < -0.39 is 0 Å². The Morgan fingerprint density at radius 3 is 2.67 bits per heavy atom. The minimum Gasteiger partial charge on any atom is -0.340 e. The van der Waals surface area contributed by atoms with Gasteiger partial charge in [-0.25, -0.2) is 0 Å². The zero-order valence-electron chi connectivity index (χ0n) is 11.1. The van der Waals surface area contributed by atoms with Crippen LogP contribution in [0, 0.1) is 6.92 Å². The zero-order valence-corrected chi connectivity index (χ0v) is 11.1. The van der Waals surface area contributed by atoms with Crippen LogP contribution < -0.4 is 0 Å². The number of hydrogen-bond acceptors (Lipinski definition) is 5. The van der Waals surface area contributed by atoms with Gasteiger partial charge in [-0.05, 0) is 20.4 Å². The van der Waals surface area contributed by atoms with E-state index in [-0.39, 0.29) is 5.91 Å². The number of carbonyl (C=O) groups excluding carboxylic acids is 1. The molecular weight excluding hydrogens is 232 g/mol. The molecule has 2 heterocycles. The smallest absolute Gasteiger partial charge is 0.226 e. The summed E-state index contributed by atoms with van der Waals surface area (Å²) < 4.78 is 5.01. The van der Waals surface area contributed by atoms with Crippen LogP contribution in [0.3, 0.4) is 0 Å². The number of aromatic nitrogens is 2. The lowest BCUT2D eigenvalue weighted by molar-refractivity contribution is -0.132. The van der Waals surface area contributed by atoms with E-state index in [4.69, 9.17) is 4.52 Å². The number of piperazine rings is 1. The first kappa shape index (κ1) is 13.0. The topological polar surface area (TPSA) is 62.5 Å². The summed E-state index contributed by atoms with van der Waals surface area (Å²) in [4.78, 5) is 20.2. The SMILES string of the molecule is Cc1noc(CCCC(=O)N2CCN(C)CC2)n1. The molecule has 2 rings (SSSR count). The average molecular weight is 252 g/mol. The van der Waals surface area contributed by atoms with Gasteiger partial charge in [0, 0.05) is 39.0 Å². The fraction of sp³-hybridized carbons (Fsp3) is 0.750. The molecule has 6 nitrogen and oxygen atoms in total. The van der Waals surface area contributed by atoms with Crippen LogP contribution in [0.25, 0.3) is 0 Å². The standard InChI is InChI=1S/C12H20N4O2/c1-10-13-11(18-14-10)4-3-5-12(17)16-8-6-15(2)7-9-16/h3-9H2,1-2H3. The Kier molecular flexibility index (Phi) is 4.30. The van der Waals surface area contributed by atoms with Crippen LogP contribution >= 0.6 is 0 Å². The fourth-order valence-electron chi connectivity index (χ4n) is 2.05. The van der Waals surface area contributed by atoms with E-state index in [2.05, 4.69) is 22.1 Å². The number of likely N-dealkylation sites (N-methyl/N-ethyl adjacent to an activating group) is 1. The fourth-order valence-corrected chi connectivity index (χ4v) is 2.05. The summed E-state index contributed by atoms with van der Waals surface area (Å²) in [7, 11) is 2.08. The first-order valence-electron chi connectivity index (χ1n) is 6.40. The van der Waals surface area contributed by atoms with Gasteiger partial charge in [0.2, 0.25) is 11.8 Å². The molecule has 100 valence electrons. The molecule has 0 aliphatic carbocycles. The normalized spacial score (nSPS) is 17.1. The van der Waals surface area contributed by atoms with Crippen molar-refractivity contribution in [3.63, 3.8) is 0 Å². The number of hydrogen-bond donors (Lipinski definition) is 0. The molecule has 0 aromatic carbocycles. The molecule has 1 aliphatic rings. The van der Waals surface area contributed by atoms with Crippen molar-refractivity contribution in [2.24, 2.45) is 0 Å². The Bertz CT molecular complexity index is 397. The highest BCUT2D eigenvalue weighted by atomic mass is 16.5. The molecule has 1 saturated heterocycles. The van der Waals surface area contributed by atoms with Crippen LogP contribution in [0.2, 0.25) is 0 Å². The third kappa shape index (κ3) is 3.53. The number of aryl methyl sites for hydroxylation is 2. The highest BCUT2D eigenvalue weighted by Gasteiger charge is 2.18. The molecule has 0 spiro atoms. The minimum atomic E-state index is 0.235. The molecule has 0 N–H and O–H groups in total. The van der Waals surface area contributed by atoms with Crippen LogP contribution in [-0.2, 0) is 11.2 Å². The maximum absolute atomic E-state index is 11.9. The van der Waals surface area contributed by atoms with Crippen LogP contribution in [0.4, 0.5) is 0 Å². The summed E-state index contributed by atoms with van der Waals surface area (Å²) in [6, 6.07) is 0. The Hall–Kier alpha value is -1.43. The average Bonchev–Trinajstić information content (AvgIpc) is 2.76. The number of nitrogens with zero attached hydrogens (tertiary/aromatic N) is 4. The van der Waals surface area contributed by atoms with Gasteiger partial charge < -0.3 is 14.3 Å². The molecule has 1 aromatic rings. The van der Waals surface area contributed by atoms with Crippen molar-refractivity contribution in [2.75, 3.05) is 33.2 Å². The van der Waals surface area contributed by atoms with E-state index >= 15 is 0 Å². The molecular formula is C12H20N4O2. The second-order valence-electron chi connectivity index (χ2n) is 4.77. The van der Waals surface area contributed by atoms with Gasteiger partial charge in [-0.2, -0.15) is 4.98 Å². The van der Waals surface area contributed by atoms with E-state index in [1.165, 1.54) is 0 Å². The van der Waals surface area contributed by atoms with Crippen molar-refractivity contribution in [1.29, 1.82) is 0 Å². The summed E-state index contributed by atoms with van der Waals surface area (Å²) in [6.45, 7) is 5.41. The minimum absolute atomic E-state index is 0.235. The Morgan fingerprint density at radius 1 is 1.33 bits per heavy atom. The molecule has 18 heavy (non-hydrogen) atoms. The van der Waals surface area contributed by atoms with Crippen molar-refractivity contribution in [1.82, 2.24) is 19.9 Å². The largest absolute Gasteiger partial charge is 0.340 e. The monoisotopic (exact) mass is 252 g/mol. The molecule has 0 radical (unpaired) electrons.